The zero-order chi connectivity index (χ0) is 17.0. The SMILES string of the molecule is COC(=O)N1CCCN(S(=O)(=O)c2ccc(C(=O)O)cc2)CC1. The molecule has 126 valence electrons. The molecular weight excluding hydrogens is 324 g/mol. The van der Waals surface area contributed by atoms with Crippen LogP contribution in [0.25, 0.3) is 0 Å². The van der Waals surface area contributed by atoms with Crippen LogP contribution in [0.1, 0.15) is 16.8 Å². The Balaban J connectivity index is 2.16. The first-order chi connectivity index (χ1) is 10.9. The number of hydrogen-bond acceptors (Lipinski definition) is 5. The van der Waals surface area contributed by atoms with Crippen LogP contribution in [0.2, 0.25) is 0 Å². The van der Waals surface area contributed by atoms with Gasteiger partial charge >= 0.3 is 12.1 Å². The van der Waals surface area contributed by atoms with Crippen molar-refractivity contribution in [3.8, 4) is 0 Å². The summed E-state index contributed by atoms with van der Waals surface area (Å²) in [7, 11) is -2.44. The molecule has 1 aliphatic heterocycles. The molecule has 1 saturated heterocycles. The molecule has 1 aromatic rings. The Hall–Kier alpha value is -2.13. The van der Waals surface area contributed by atoms with Crippen molar-refractivity contribution in [3.63, 3.8) is 0 Å². The van der Waals surface area contributed by atoms with E-state index in [1.54, 1.807) is 0 Å². The Morgan fingerprint density at radius 1 is 1.09 bits per heavy atom. The van der Waals surface area contributed by atoms with Gasteiger partial charge in [0.25, 0.3) is 0 Å². The molecule has 1 N–H and O–H groups in total. The van der Waals surface area contributed by atoms with Crippen LogP contribution in [0.5, 0.6) is 0 Å². The van der Waals surface area contributed by atoms with Gasteiger partial charge in [-0.25, -0.2) is 18.0 Å². The van der Waals surface area contributed by atoms with E-state index in [9.17, 15) is 18.0 Å². The maximum Gasteiger partial charge on any atom is 0.409 e. The van der Waals surface area contributed by atoms with Gasteiger partial charge in [0, 0.05) is 26.2 Å². The van der Waals surface area contributed by atoms with Gasteiger partial charge in [-0.05, 0) is 30.7 Å². The molecular formula is C14H18N2O6S. The highest BCUT2D eigenvalue weighted by atomic mass is 32.2. The van der Waals surface area contributed by atoms with Gasteiger partial charge in [-0.3, -0.25) is 0 Å². The van der Waals surface area contributed by atoms with Gasteiger partial charge in [-0.15, -0.1) is 0 Å². The fourth-order valence-electron chi connectivity index (χ4n) is 2.36. The van der Waals surface area contributed by atoms with Crippen LogP contribution in [0.4, 0.5) is 4.79 Å². The third-order valence-electron chi connectivity index (χ3n) is 3.63. The maximum absolute atomic E-state index is 12.6. The summed E-state index contributed by atoms with van der Waals surface area (Å²) in [6, 6.07) is 5.07. The number of hydrogen-bond donors (Lipinski definition) is 1. The van der Waals surface area contributed by atoms with E-state index in [1.165, 1.54) is 40.6 Å². The molecule has 0 unspecified atom stereocenters. The van der Waals surface area contributed by atoms with Crippen LogP contribution in [0.15, 0.2) is 29.2 Å². The van der Waals surface area contributed by atoms with Gasteiger partial charge in [-0.2, -0.15) is 4.31 Å². The molecule has 1 aliphatic rings. The average Bonchev–Trinajstić information content (AvgIpc) is 2.80. The molecule has 23 heavy (non-hydrogen) atoms. The molecule has 8 nitrogen and oxygen atoms in total. The summed E-state index contributed by atoms with van der Waals surface area (Å²) >= 11 is 0. The number of methoxy groups -OCH3 is 1. The van der Waals surface area contributed by atoms with Gasteiger partial charge in [0.15, 0.2) is 0 Å². The molecule has 0 aliphatic carbocycles. The van der Waals surface area contributed by atoms with Crippen molar-refractivity contribution in [3.05, 3.63) is 29.8 Å². The fraction of sp³-hybridized carbons (Fsp3) is 0.429. The molecule has 9 heteroatoms. The average molecular weight is 342 g/mol. The van der Waals surface area contributed by atoms with Crippen molar-refractivity contribution < 1.29 is 27.9 Å². The maximum atomic E-state index is 12.6. The standard InChI is InChI=1S/C14H18N2O6S/c1-22-14(19)15-7-2-8-16(10-9-15)23(20,21)12-5-3-11(4-6-12)13(17)18/h3-6H,2,7-10H2,1H3,(H,17,18). The molecule has 1 fully saturated rings. The molecule has 0 bridgehead atoms. The quantitative estimate of drug-likeness (QED) is 0.873. The first-order valence-electron chi connectivity index (χ1n) is 7.02. The van der Waals surface area contributed by atoms with Crippen molar-refractivity contribution in [1.29, 1.82) is 0 Å². The number of carbonyl (C=O) groups excluding carboxylic acids is 1. The number of sulfonamides is 1. The summed E-state index contributed by atoms with van der Waals surface area (Å²) < 4.78 is 31.2. The smallest absolute Gasteiger partial charge is 0.409 e. The van der Waals surface area contributed by atoms with Crippen molar-refractivity contribution in [2.75, 3.05) is 33.3 Å². The van der Waals surface area contributed by atoms with E-state index in [-0.39, 0.29) is 30.1 Å². The Bertz CT molecular complexity index is 686. The molecule has 0 spiro atoms. The van der Waals surface area contributed by atoms with Crippen molar-refractivity contribution in [2.24, 2.45) is 0 Å². The number of nitrogens with zero attached hydrogens (tertiary/aromatic N) is 2. The highest BCUT2D eigenvalue weighted by Gasteiger charge is 2.28. The minimum Gasteiger partial charge on any atom is -0.478 e. The van der Waals surface area contributed by atoms with E-state index in [2.05, 4.69) is 4.74 Å². The van der Waals surface area contributed by atoms with Gasteiger partial charge < -0.3 is 14.7 Å². The van der Waals surface area contributed by atoms with Crippen LogP contribution < -0.4 is 0 Å². The minimum absolute atomic E-state index is 0.0247. The van der Waals surface area contributed by atoms with E-state index < -0.39 is 22.1 Å². The lowest BCUT2D eigenvalue weighted by atomic mass is 10.2. The predicted octanol–water partition coefficient (Wildman–Crippen LogP) is 0.848. The van der Waals surface area contributed by atoms with Gasteiger partial charge in [-0.1, -0.05) is 0 Å². The van der Waals surface area contributed by atoms with Crippen molar-refractivity contribution >= 4 is 22.1 Å². The minimum atomic E-state index is -3.72. The van der Waals surface area contributed by atoms with E-state index in [4.69, 9.17) is 5.11 Å². The summed E-state index contributed by atoms with van der Waals surface area (Å²) in [5.41, 5.74) is 0.0247. The predicted molar refractivity (Wildman–Crippen MR) is 80.8 cm³/mol. The summed E-state index contributed by atoms with van der Waals surface area (Å²) in [5, 5.41) is 8.86. The number of carbonyl (C=O) groups is 2. The highest BCUT2D eigenvalue weighted by molar-refractivity contribution is 7.89. The molecule has 1 heterocycles. The zero-order valence-electron chi connectivity index (χ0n) is 12.6. The second-order valence-electron chi connectivity index (χ2n) is 5.04. The molecule has 0 atom stereocenters. The number of benzene rings is 1. The fourth-order valence-corrected chi connectivity index (χ4v) is 3.83. The lowest BCUT2D eigenvalue weighted by Crippen LogP contribution is -2.37. The van der Waals surface area contributed by atoms with E-state index in [1.807, 2.05) is 0 Å². The van der Waals surface area contributed by atoms with Crippen molar-refractivity contribution in [2.45, 2.75) is 11.3 Å². The Morgan fingerprint density at radius 3 is 2.30 bits per heavy atom. The summed E-state index contributed by atoms with van der Waals surface area (Å²) in [6.07, 6.45) is 0.0247. The van der Waals surface area contributed by atoms with Gasteiger partial charge in [0.05, 0.1) is 17.6 Å². The second kappa shape index (κ2) is 6.97. The normalized spacial score (nSPS) is 16.7. The Morgan fingerprint density at radius 2 is 1.74 bits per heavy atom. The van der Waals surface area contributed by atoms with E-state index >= 15 is 0 Å². The third-order valence-corrected chi connectivity index (χ3v) is 5.54. The van der Waals surface area contributed by atoms with E-state index in [0.29, 0.717) is 13.0 Å². The molecule has 1 amide bonds. The number of aromatic carboxylic acids is 1. The van der Waals surface area contributed by atoms with Gasteiger partial charge in [0.2, 0.25) is 10.0 Å². The summed E-state index contributed by atoms with van der Waals surface area (Å²) in [5.74, 6) is -1.11. The number of rotatable bonds is 3. The van der Waals surface area contributed by atoms with Gasteiger partial charge in [0.1, 0.15) is 0 Å². The third kappa shape index (κ3) is 3.80. The number of amides is 1. The Kier molecular flexibility index (Phi) is 5.22. The summed E-state index contributed by atoms with van der Waals surface area (Å²) in [4.78, 5) is 23.9. The number of carboxylic acid groups (broad SMARTS) is 1. The molecule has 0 saturated carbocycles. The van der Waals surface area contributed by atoms with Crippen LogP contribution in [-0.2, 0) is 14.8 Å². The van der Waals surface area contributed by atoms with Crippen molar-refractivity contribution in [1.82, 2.24) is 9.21 Å². The molecule has 1 aromatic carbocycles. The first kappa shape index (κ1) is 17.2. The second-order valence-corrected chi connectivity index (χ2v) is 6.98. The van der Waals surface area contributed by atoms with Crippen LogP contribution in [-0.4, -0.2) is 68.1 Å². The topological polar surface area (TPSA) is 104 Å². The number of carboxylic acids is 1. The van der Waals surface area contributed by atoms with Crippen LogP contribution >= 0.6 is 0 Å². The largest absolute Gasteiger partial charge is 0.478 e. The summed E-state index contributed by atoms with van der Waals surface area (Å²) in [6.45, 7) is 1.13. The molecule has 2 rings (SSSR count). The highest BCUT2D eigenvalue weighted by Crippen LogP contribution is 2.18. The molecule has 0 aromatic heterocycles. The molecule has 0 radical (unpaired) electrons. The van der Waals surface area contributed by atoms with Crippen LogP contribution in [0.3, 0.4) is 0 Å². The number of ether oxygens (including phenoxy) is 1. The van der Waals surface area contributed by atoms with Crippen LogP contribution in [0, 0.1) is 0 Å². The monoisotopic (exact) mass is 342 g/mol. The zero-order valence-corrected chi connectivity index (χ0v) is 13.5. The first-order valence-corrected chi connectivity index (χ1v) is 8.46. The Labute approximate surface area is 134 Å². The van der Waals surface area contributed by atoms with E-state index in [0.717, 1.165) is 0 Å². The lowest BCUT2D eigenvalue weighted by molar-refractivity contribution is 0.0696. The lowest BCUT2D eigenvalue weighted by Gasteiger charge is -2.21.